The van der Waals surface area contributed by atoms with Crippen molar-refractivity contribution >= 4 is 34.0 Å². The van der Waals surface area contributed by atoms with Gasteiger partial charge in [0, 0.05) is 16.1 Å². The van der Waals surface area contributed by atoms with Crippen molar-refractivity contribution in [2.75, 3.05) is 5.32 Å². The second-order valence-corrected chi connectivity index (χ2v) is 4.67. The fourth-order valence-corrected chi connectivity index (χ4v) is 1.82. The number of benzene rings is 2. The summed E-state index contributed by atoms with van der Waals surface area (Å²) in [5.74, 6) is -0.558. The first-order valence-electron chi connectivity index (χ1n) is 5.72. The van der Waals surface area contributed by atoms with Gasteiger partial charge in [0.05, 0.1) is 5.92 Å². The molecule has 0 aliphatic rings. The van der Waals surface area contributed by atoms with Gasteiger partial charge in [-0.2, -0.15) is 0 Å². The van der Waals surface area contributed by atoms with E-state index in [9.17, 15) is 4.79 Å². The number of halogens is 1. The zero-order chi connectivity index (χ0) is 13.1. The Morgan fingerprint density at radius 3 is 2.61 bits per heavy atom. The normalized spacial score (nSPS) is 12.1. The van der Waals surface area contributed by atoms with Crippen LogP contribution < -0.4 is 5.32 Å². The summed E-state index contributed by atoms with van der Waals surface area (Å²) in [7, 11) is 0. The van der Waals surface area contributed by atoms with E-state index in [1.54, 1.807) is 6.92 Å². The first kappa shape index (κ1) is 12.7. The Morgan fingerprint density at radius 2 is 1.89 bits per heavy atom. The van der Waals surface area contributed by atoms with Crippen LogP contribution >= 0.6 is 11.6 Å². The van der Waals surface area contributed by atoms with Crippen molar-refractivity contribution in [3.8, 4) is 0 Å². The van der Waals surface area contributed by atoms with Crippen LogP contribution in [0.4, 0.5) is 5.69 Å². The van der Waals surface area contributed by atoms with Crippen LogP contribution in [0.2, 0.25) is 0 Å². The van der Waals surface area contributed by atoms with Gasteiger partial charge in [0.15, 0.2) is 0 Å². The van der Waals surface area contributed by atoms with Crippen molar-refractivity contribution in [3.63, 3.8) is 0 Å². The SMILES string of the molecule is C=C(Cl)C(C)C(=O)Nc1cccc2ccccc12. The maximum atomic E-state index is 11.9. The first-order chi connectivity index (χ1) is 8.59. The molecule has 3 heteroatoms. The molecule has 2 nitrogen and oxygen atoms in total. The molecule has 0 aliphatic carbocycles. The molecule has 1 N–H and O–H groups in total. The molecule has 2 aromatic carbocycles. The summed E-state index contributed by atoms with van der Waals surface area (Å²) in [5.41, 5.74) is 0.794. The minimum absolute atomic E-state index is 0.147. The third-order valence-electron chi connectivity index (χ3n) is 2.91. The predicted octanol–water partition coefficient (Wildman–Crippen LogP) is 4.17. The third kappa shape index (κ3) is 2.54. The van der Waals surface area contributed by atoms with E-state index in [4.69, 9.17) is 11.6 Å². The number of hydrogen-bond donors (Lipinski definition) is 1. The second kappa shape index (κ2) is 5.23. The molecule has 18 heavy (non-hydrogen) atoms. The second-order valence-electron chi connectivity index (χ2n) is 4.18. The lowest BCUT2D eigenvalue weighted by molar-refractivity contribution is -0.118. The molecule has 0 heterocycles. The van der Waals surface area contributed by atoms with E-state index in [1.807, 2.05) is 42.5 Å². The molecule has 0 aliphatic heterocycles. The van der Waals surface area contributed by atoms with Crippen molar-refractivity contribution in [3.05, 3.63) is 54.1 Å². The minimum atomic E-state index is -0.411. The number of anilines is 1. The molecule has 0 radical (unpaired) electrons. The lowest BCUT2D eigenvalue weighted by Crippen LogP contribution is -2.20. The van der Waals surface area contributed by atoms with Crippen LogP contribution in [-0.2, 0) is 4.79 Å². The number of fused-ring (bicyclic) bond motifs is 1. The number of rotatable bonds is 3. The Morgan fingerprint density at radius 1 is 1.22 bits per heavy atom. The van der Waals surface area contributed by atoms with Gasteiger partial charge in [0.2, 0.25) is 5.91 Å². The summed E-state index contributed by atoms with van der Waals surface area (Å²) in [6, 6.07) is 13.7. The lowest BCUT2D eigenvalue weighted by atomic mass is 10.1. The Labute approximate surface area is 111 Å². The molecule has 1 amide bonds. The standard InChI is InChI=1S/C15H14ClNO/c1-10(11(2)16)15(18)17-14-9-5-7-12-6-3-4-8-13(12)14/h3-10H,2H2,1H3,(H,17,18). The van der Waals surface area contributed by atoms with Crippen molar-refractivity contribution < 1.29 is 4.79 Å². The average molecular weight is 260 g/mol. The monoisotopic (exact) mass is 259 g/mol. The van der Waals surface area contributed by atoms with Gasteiger partial charge in [-0.1, -0.05) is 54.6 Å². The number of hydrogen-bond acceptors (Lipinski definition) is 1. The van der Waals surface area contributed by atoms with Crippen LogP contribution in [0.15, 0.2) is 54.1 Å². The van der Waals surface area contributed by atoms with E-state index in [2.05, 4.69) is 11.9 Å². The van der Waals surface area contributed by atoms with Gasteiger partial charge in [-0.3, -0.25) is 4.79 Å². The van der Waals surface area contributed by atoms with Gasteiger partial charge in [-0.05, 0) is 18.4 Å². The van der Waals surface area contributed by atoms with Crippen LogP contribution in [0.3, 0.4) is 0 Å². The van der Waals surface area contributed by atoms with Gasteiger partial charge < -0.3 is 5.32 Å². The molecule has 0 saturated heterocycles. The topological polar surface area (TPSA) is 29.1 Å². The summed E-state index contributed by atoms with van der Waals surface area (Å²) in [6.45, 7) is 5.32. The van der Waals surface area contributed by atoms with Gasteiger partial charge >= 0.3 is 0 Å². The Bertz CT molecular complexity index is 601. The maximum absolute atomic E-state index is 11.9. The fraction of sp³-hybridized carbons (Fsp3) is 0.133. The van der Waals surface area contributed by atoms with E-state index in [0.717, 1.165) is 16.5 Å². The van der Waals surface area contributed by atoms with Crippen LogP contribution in [0.5, 0.6) is 0 Å². The van der Waals surface area contributed by atoms with Crippen LogP contribution in [-0.4, -0.2) is 5.91 Å². The van der Waals surface area contributed by atoms with Gasteiger partial charge in [-0.25, -0.2) is 0 Å². The third-order valence-corrected chi connectivity index (χ3v) is 3.24. The number of nitrogens with one attached hydrogen (secondary N) is 1. The number of carbonyl (C=O) groups is 1. The van der Waals surface area contributed by atoms with E-state index < -0.39 is 5.92 Å². The van der Waals surface area contributed by atoms with Gasteiger partial charge in [0.1, 0.15) is 0 Å². The molecule has 1 atom stereocenters. The van der Waals surface area contributed by atoms with E-state index in [-0.39, 0.29) is 5.91 Å². The smallest absolute Gasteiger partial charge is 0.232 e. The molecule has 2 rings (SSSR count). The highest BCUT2D eigenvalue weighted by Gasteiger charge is 2.15. The molecular weight excluding hydrogens is 246 g/mol. The molecule has 92 valence electrons. The Balaban J connectivity index is 2.32. The fourth-order valence-electron chi connectivity index (χ4n) is 1.72. The number of amides is 1. The lowest BCUT2D eigenvalue weighted by Gasteiger charge is -2.12. The van der Waals surface area contributed by atoms with E-state index >= 15 is 0 Å². The van der Waals surface area contributed by atoms with Crippen molar-refractivity contribution in [1.29, 1.82) is 0 Å². The zero-order valence-electron chi connectivity index (χ0n) is 10.1. The maximum Gasteiger partial charge on any atom is 0.232 e. The Hall–Kier alpha value is -1.80. The molecular formula is C15H14ClNO. The molecule has 0 saturated carbocycles. The van der Waals surface area contributed by atoms with Crippen molar-refractivity contribution in [2.45, 2.75) is 6.92 Å². The molecule has 0 aromatic heterocycles. The summed E-state index contributed by atoms with van der Waals surface area (Å²) in [6.07, 6.45) is 0. The summed E-state index contributed by atoms with van der Waals surface area (Å²) in [4.78, 5) is 11.9. The largest absolute Gasteiger partial charge is 0.325 e. The molecule has 1 unspecified atom stereocenters. The number of carbonyl (C=O) groups excluding carboxylic acids is 1. The quantitative estimate of drug-likeness (QED) is 0.881. The highest BCUT2D eigenvalue weighted by atomic mass is 35.5. The molecule has 0 fully saturated rings. The van der Waals surface area contributed by atoms with Gasteiger partial charge in [0.25, 0.3) is 0 Å². The highest BCUT2D eigenvalue weighted by Crippen LogP contribution is 2.24. The minimum Gasteiger partial charge on any atom is -0.325 e. The van der Waals surface area contributed by atoms with E-state index in [0.29, 0.717) is 5.03 Å². The van der Waals surface area contributed by atoms with E-state index in [1.165, 1.54) is 0 Å². The van der Waals surface area contributed by atoms with Gasteiger partial charge in [-0.15, -0.1) is 0 Å². The summed E-state index contributed by atoms with van der Waals surface area (Å²) < 4.78 is 0. The van der Waals surface area contributed by atoms with Crippen LogP contribution in [0.1, 0.15) is 6.92 Å². The van der Waals surface area contributed by atoms with Crippen molar-refractivity contribution in [1.82, 2.24) is 0 Å². The van der Waals surface area contributed by atoms with Crippen LogP contribution in [0, 0.1) is 5.92 Å². The first-order valence-corrected chi connectivity index (χ1v) is 6.10. The molecule has 0 spiro atoms. The Kier molecular flexibility index (Phi) is 3.68. The average Bonchev–Trinajstić information content (AvgIpc) is 2.38. The molecule has 2 aromatic rings. The van der Waals surface area contributed by atoms with Crippen molar-refractivity contribution in [2.24, 2.45) is 5.92 Å². The van der Waals surface area contributed by atoms with Crippen LogP contribution in [0.25, 0.3) is 10.8 Å². The zero-order valence-corrected chi connectivity index (χ0v) is 10.9. The summed E-state index contributed by atoms with van der Waals surface area (Å²) in [5, 5.41) is 5.33. The molecule has 0 bridgehead atoms. The summed E-state index contributed by atoms with van der Waals surface area (Å²) >= 11 is 5.75. The highest BCUT2D eigenvalue weighted by molar-refractivity contribution is 6.31. The predicted molar refractivity (Wildman–Crippen MR) is 76.7 cm³/mol.